The molecule has 1 aromatic heterocycles. The highest BCUT2D eigenvalue weighted by Gasteiger charge is 2.03. The molecule has 1 heterocycles. The molecule has 9 heavy (non-hydrogen) atoms. The van der Waals surface area contributed by atoms with Crippen LogP contribution < -0.4 is 0 Å². The lowest BCUT2D eigenvalue weighted by Crippen LogP contribution is -1.83. The average Bonchev–Trinajstić information content (AvgIpc) is 2.14. The molecule has 1 N–H and O–H groups in total. The van der Waals surface area contributed by atoms with Crippen LogP contribution in [0.4, 0.5) is 4.39 Å². The molecule has 0 spiro atoms. The van der Waals surface area contributed by atoms with E-state index < -0.39 is 6.17 Å². The number of alkyl halides is 1. The number of hydrogen-bond acceptors (Lipinski definition) is 1. The third-order valence-electron chi connectivity index (χ3n) is 0.993. The van der Waals surface area contributed by atoms with Crippen LogP contribution in [0.5, 0.6) is 0 Å². The van der Waals surface area contributed by atoms with Gasteiger partial charge in [0.15, 0.2) is 3.83 Å². The minimum absolute atomic E-state index is 0.541. The van der Waals surface area contributed by atoms with E-state index in [1.54, 1.807) is 0 Å². The van der Waals surface area contributed by atoms with Gasteiger partial charge in [-0.1, -0.05) is 0 Å². The van der Waals surface area contributed by atoms with E-state index >= 15 is 0 Å². The fraction of sp³-hybridized carbons (Fsp3) is 0.400. The van der Waals surface area contributed by atoms with Crippen LogP contribution in [0.2, 0.25) is 0 Å². The highest BCUT2D eigenvalue weighted by Crippen LogP contribution is 2.13. The molecule has 1 atom stereocenters. The number of nitrogens with one attached hydrogen (secondary N) is 1. The van der Waals surface area contributed by atoms with Gasteiger partial charge in [-0.15, -0.1) is 0 Å². The van der Waals surface area contributed by atoms with E-state index in [-0.39, 0.29) is 0 Å². The summed E-state index contributed by atoms with van der Waals surface area (Å²) in [7, 11) is 0. The fourth-order valence-electron chi connectivity index (χ4n) is 0.512. The maximum atomic E-state index is 12.4. The second-order valence-corrected chi connectivity index (χ2v) is 2.77. The zero-order valence-corrected chi connectivity index (χ0v) is 7.02. The summed E-state index contributed by atoms with van der Waals surface area (Å²) in [5.41, 5.74) is 0.541. The second-order valence-electron chi connectivity index (χ2n) is 1.75. The monoisotopic (exact) mass is 240 g/mol. The van der Waals surface area contributed by atoms with Crippen LogP contribution in [0.3, 0.4) is 0 Å². The lowest BCUT2D eigenvalue weighted by molar-refractivity contribution is 0.366. The number of aromatic amines is 1. The van der Waals surface area contributed by atoms with Gasteiger partial charge in [-0.05, 0) is 29.5 Å². The quantitative estimate of drug-likeness (QED) is 0.747. The molecule has 0 amide bonds. The third-order valence-corrected chi connectivity index (χ3v) is 1.54. The Labute approximate surface area is 66.0 Å². The van der Waals surface area contributed by atoms with Crippen LogP contribution in [0.1, 0.15) is 18.8 Å². The van der Waals surface area contributed by atoms with Crippen LogP contribution in [0.15, 0.2) is 6.20 Å². The van der Waals surface area contributed by atoms with Gasteiger partial charge in [0.05, 0.1) is 11.9 Å². The molecular weight excluding hydrogens is 234 g/mol. The Balaban J connectivity index is 2.85. The van der Waals surface area contributed by atoms with Crippen molar-refractivity contribution in [2.75, 3.05) is 0 Å². The largest absolute Gasteiger partial charge is 0.335 e. The minimum atomic E-state index is -0.944. The van der Waals surface area contributed by atoms with Crippen molar-refractivity contribution in [3.63, 3.8) is 0 Å². The van der Waals surface area contributed by atoms with E-state index in [0.29, 0.717) is 5.69 Å². The number of imidazole rings is 1. The topological polar surface area (TPSA) is 28.7 Å². The van der Waals surface area contributed by atoms with Crippen molar-refractivity contribution >= 4 is 22.6 Å². The number of nitrogens with zero attached hydrogens (tertiary/aromatic N) is 1. The number of halogens is 2. The smallest absolute Gasteiger partial charge is 0.168 e. The fourth-order valence-corrected chi connectivity index (χ4v) is 0.963. The standard InChI is InChI=1S/C5H6FIN2/c1-3(6)4-2-8-5(7)9-4/h2-3H,1H3,(H,8,9). The van der Waals surface area contributed by atoms with E-state index in [9.17, 15) is 4.39 Å². The van der Waals surface area contributed by atoms with Crippen molar-refractivity contribution in [2.45, 2.75) is 13.1 Å². The predicted molar refractivity (Wildman–Crippen MR) is 40.8 cm³/mol. The van der Waals surface area contributed by atoms with Crippen LogP contribution in [0, 0.1) is 3.83 Å². The van der Waals surface area contributed by atoms with Crippen molar-refractivity contribution in [1.82, 2.24) is 9.97 Å². The summed E-state index contributed by atoms with van der Waals surface area (Å²) < 4.78 is 13.1. The molecule has 1 aromatic rings. The summed E-state index contributed by atoms with van der Waals surface area (Å²) in [5, 5.41) is 0. The summed E-state index contributed by atoms with van der Waals surface area (Å²) in [6, 6.07) is 0. The second kappa shape index (κ2) is 2.64. The Morgan fingerprint density at radius 1 is 1.89 bits per heavy atom. The molecule has 1 unspecified atom stereocenters. The summed E-state index contributed by atoms with van der Waals surface area (Å²) in [6.45, 7) is 1.48. The molecule has 0 aliphatic rings. The first-order valence-electron chi connectivity index (χ1n) is 2.54. The number of hydrogen-bond donors (Lipinski definition) is 1. The van der Waals surface area contributed by atoms with Crippen LogP contribution in [0.25, 0.3) is 0 Å². The highest BCUT2D eigenvalue weighted by atomic mass is 127. The zero-order valence-electron chi connectivity index (χ0n) is 4.86. The van der Waals surface area contributed by atoms with Crippen LogP contribution >= 0.6 is 22.6 Å². The average molecular weight is 240 g/mol. The Kier molecular flexibility index (Phi) is 2.05. The molecule has 0 saturated carbocycles. The molecule has 50 valence electrons. The molecule has 0 saturated heterocycles. The molecule has 4 heteroatoms. The van der Waals surface area contributed by atoms with E-state index in [1.807, 2.05) is 22.6 Å². The Morgan fingerprint density at radius 3 is 2.78 bits per heavy atom. The lowest BCUT2D eigenvalue weighted by Gasteiger charge is -1.92. The lowest BCUT2D eigenvalue weighted by atomic mass is 10.3. The van der Waals surface area contributed by atoms with Crippen molar-refractivity contribution in [3.8, 4) is 0 Å². The van der Waals surface area contributed by atoms with Gasteiger partial charge >= 0.3 is 0 Å². The molecule has 0 fully saturated rings. The van der Waals surface area contributed by atoms with E-state index in [4.69, 9.17) is 0 Å². The van der Waals surface area contributed by atoms with E-state index in [0.717, 1.165) is 3.83 Å². The minimum Gasteiger partial charge on any atom is -0.335 e. The van der Waals surface area contributed by atoms with Gasteiger partial charge in [-0.3, -0.25) is 0 Å². The van der Waals surface area contributed by atoms with Gasteiger partial charge in [0, 0.05) is 0 Å². The van der Waals surface area contributed by atoms with Crippen LogP contribution in [-0.4, -0.2) is 9.97 Å². The molecule has 0 aliphatic carbocycles. The first-order valence-corrected chi connectivity index (χ1v) is 3.62. The van der Waals surface area contributed by atoms with Gasteiger partial charge in [0.25, 0.3) is 0 Å². The van der Waals surface area contributed by atoms with Gasteiger partial charge in [0.1, 0.15) is 6.17 Å². The first kappa shape index (κ1) is 6.98. The summed E-state index contributed by atoms with van der Waals surface area (Å²) in [5.74, 6) is 0. The molecule has 0 radical (unpaired) electrons. The molecule has 0 aromatic carbocycles. The molecule has 2 nitrogen and oxygen atoms in total. The zero-order chi connectivity index (χ0) is 6.85. The SMILES string of the molecule is CC(F)c1cnc(I)[nH]1. The predicted octanol–water partition coefficient (Wildman–Crippen LogP) is 2.04. The summed E-state index contributed by atoms with van der Waals surface area (Å²) in [6.07, 6.45) is 0.563. The first-order chi connectivity index (χ1) is 4.20. The molecule has 0 bridgehead atoms. The molecular formula is C5H6FIN2. The van der Waals surface area contributed by atoms with Gasteiger partial charge < -0.3 is 4.98 Å². The third kappa shape index (κ3) is 1.64. The highest BCUT2D eigenvalue weighted by molar-refractivity contribution is 14.1. The Morgan fingerprint density at radius 2 is 2.56 bits per heavy atom. The molecule has 0 aliphatic heterocycles. The number of rotatable bonds is 1. The Hall–Kier alpha value is -0.130. The summed E-state index contributed by atoms with van der Waals surface area (Å²) in [4.78, 5) is 6.60. The van der Waals surface area contributed by atoms with Gasteiger partial charge in [-0.2, -0.15) is 0 Å². The van der Waals surface area contributed by atoms with Crippen molar-refractivity contribution in [1.29, 1.82) is 0 Å². The van der Waals surface area contributed by atoms with Crippen LogP contribution in [-0.2, 0) is 0 Å². The van der Waals surface area contributed by atoms with Gasteiger partial charge in [0.2, 0.25) is 0 Å². The summed E-state index contributed by atoms with van der Waals surface area (Å²) >= 11 is 2.00. The van der Waals surface area contributed by atoms with Gasteiger partial charge in [-0.25, -0.2) is 9.37 Å². The Bertz CT molecular complexity index is 197. The van der Waals surface area contributed by atoms with E-state index in [1.165, 1.54) is 13.1 Å². The van der Waals surface area contributed by atoms with Crippen molar-refractivity contribution < 1.29 is 4.39 Å². The number of aromatic nitrogens is 2. The maximum Gasteiger partial charge on any atom is 0.168 e. The van der Waals surface area contributed by atoms with E-state index in [2.05, 4.69) is 9.97 Å². The maximum absolute atomic E-state index is 12.4. The number of H-pyrrole nitrogens is 1. The van der Waals surface area contributed by atoms with Crippen molar-refractivity contribution in [3.05, 3.63) is 15.7 Å². The normalized spacial score (nSPS) is 13.7. The molecule has 1 rings (SSSR count). The van der Waals surface area contributed by atoms with Crippen molar-refractivity contribution in [2.24, 2.45) is 0 Å².